The van der Waals surface area contributed by atoms with Gasteiger partial charge < -0.3 is 5.32 Å². The third-order valence-electron chi connectivity index (χ3n) is 5.47. The first-order valence-corrected chi connectivity index (χ1v) is 10.0. The van der Waals surface area contributed by atoms with Crippen molar-refractivity contribution in [2.45, 2.75) is 33.2 Å². The van der Waals surface area contributed by atoms with Crippen molar-refractivity contribution in [2.75, 3.05) is 0 Å². The Labute approximate surface area is 175 Å². The van der Waals surface area contributed by atoms with Gasteiger partial charge in [-0.15, -0.1) is 0 Å². The normalized spacial score (nSPS) is 14.8. The van der Waals surface area contributed by atoms with E-state index in [2.05, 4.69) is 5.32 Å². The Balaban J connectivity index is 1.83. The summed E-state index contributed by atoms with van der Waals surface area (Å²) in [5, 5.41) is 2.86. The number of amides is 1. The predicted octanol–water partition coefficient (Wildman–Crippen LogP) is 3.92. The van der Waals surface area contributed by atoms with Gasteiger partial charge in [0.15, 0.2) is 5.78 Å². The lowest BCUT2D eigenvalue weighted by atomic mass is 9.73. The highest BCUT2D eigenvalue weighted by molar-refractivity contribution is 6.04. The number of carbonyl (C=O) groups is 2. The minimum atomic E-state index is -0.448. The lowest BCUT2D eigenvalue weighted by Crippen LogP contribution is -2.38. The van der Waals surface area contributed by atoms with Crippen LogP contribution in [0.15, 0.2) is 71.7 Å². The smallest absolute Gasteiger partial charge is 0.268 e. The fourth-order valence-electron chi connectivity index (χ4n) is 4.03. The van der Waals surface area contributed by atoms with Crippen LogP contribution in [0.25, 0.3) is 5.69 Å². The topological polar surface area (TPSA) is 68.2 Å². The summed E-state index contributed by atoms with van der Waals surface area (Å²) < 4.78 is 1.41. The maximum atomic E-state index is 13.4. The molecule has 1 aromatic heterocycles. The van der Waals surface area contributed by atoms with Crippen LogP contribution < -0.4 is 10.9 Å². The molecule has 0 saturated carbocycles. The number of nitrogens with one attached hydrogen (secondary N) is 1. The Kier molecular flexibility index (Phi) is 5.12. The van der Waals surface area contributed by atoms with Crippen LogP contribution in [0.2, 0.25) is 0 Å². The van der Waals surface area contributed by atoms with Crippen molar-refractivity contribution >= 4 is 11.7 Å². The fraction of sp³-hybridized carbons (Fsp3) is 0.240. The molecule has 1 aliphatic rings. The highest BCUT2D eigenvalue weighted by Gasteiger charge is 2.35. The van der Waals surface area contributed by atoms with Crippen molar-refractivity contribution in [3.8, 4) is 5.69 Å². The van der Waals surface area contributed by atoms with E-state index >= 15 is 0 Å². The molecule has 0 bridgehead atoms. The van der Waals surface area contributed by atoms with E-state index in [0.717, 1.165) is 5.56 Å². The number of hydrogen-bond donors (Lipinski definition) is 1. The van der Waals surface area contributed by atoms with Crippen molar-refractivity contribution in [2.24, 2.45) is 5.41 Å². The summed E-state index contributed by atoms with van der Waals surface area (Å²) >= 11 is 0. The average molecular weight is 400 g/mol. The van der Waals surface area contributed by atoms with Crippen LogP contribution in [-0.4, -0.2) is 16.3 Å². The second-order valence-electron chi connectivity index (χ2n) is 8.52. The van der Waals surface area contributed by atoms with Crippen LogP contribution in [0.3, 0.4) is 0 Å². The standard InChI is InChI=1S/C25H24N2O3/c1-25(2)13-19-20(21(28)14-25)16-27(18-11-7-4-8-12-18)24(30)22(19)23(29)26-15-17-9-5-3-6-10-17/h3-12,16H,13-15H2,1-2H3,(H,26,29). The number of rotatable bonds is 4. The number of carbonyl (C=O) groups excluding carboxylic acids is 2. The highest BCUT2D eigenvalue weighted by Crippen LogP contribution is 2.35. The third kappa shape index (κ3) is 3.83. The molecule has 152 valence electrons. The molecule has 0 fully saturated rings. The summed E-state index contributed by atoms with van der Waals surface area (Å²) in [5.74, 6) is -0.487. The van der Waals surface area contributed by atoms with Gasteiger partial charge in [0.25, 0.3) is 11.5 Å². The van der Waals surface area contributed by atoms with E-state index in [1.165, 1.54) is 4.57 Å². The molecule has 0 aliphatic heterocycles. The Morgan fingerprint density at radius 3 is 2.27 bits per heavy atom. The first-order chi connectivity index (χ1) is 14.4. The SMILES string of the molecule is CC1(C)CC(=O)c2cn(-c3ccccc3)c(=O)c(C(=O)NCc3ccccc3)c2C1. The second-order valence-corrected chi connectivity index (χ2v) is 8.52. The zero-order valence-corrected chi connectivity index (χ0v) is 17.1. The number of benzene rings is 2. The number of Topliss-reactive ketones (excluding diaryl/α,β-unsaturated/α-hetero) is 1. The largest absolute Gasteiger partial charge is 0.348 e. The molecule has 2 aromatic carbocycles. The van der Waals surface area contributed by atoms with E-state index < -0.39 is 11.5 Å². The molecule has 1 amide bonds. The van der Waals surface area contributed by atoms with Crippen LogP contribution in [-0.2, 0) is 13.0 Å². The Morgan fingerprint density at radius 1 is 0.967 bits per heavy atom. The summed E-state index contributed by atoms with van der Waals surface area (Å²) in [7, 11) is 0. The first-order valence-electron chi connectivity index (χ1n) is 10.0. The Morgan fingerprint density at radius 2 is 1.60 bits per heavy atom. The summed E-state index contributed by atoms with van der Waals surface area (Å²) in [6.45, 7) is 4.29. The van der Waals surface area contributed by atoms with E-state index in [4.69, 9.17) is 0 Å². The molecule has 1 heterocycles. The predicted molar refractivity (Wildman–Crippen MR) is 116 cm³/mol. The molecular formula is C25H24N2O3. The summed E-state index contributed by atoms with van der Waals surface area (Å²) in [4.78, 5) is 39.5. The molecule has 0 atom stereocenters. The molecule has 5 heteroatoms. The maximum absolute atomic E-state index is 13.4. The summed E-state index contributed by atoms with van der Waals surface area (Å²) in [6.07, 6.45) is 2.49. The molecule has 1 N–H and O–H groups in total. The zero-order chi connectivity index (χ0) is 21.3. The van der Waals surface area contributed by atoms with Gasteiger partial charge in [-0.3, -0.25) is 19.0 Å². The molecule has 0 radical (unpaired) electrons. The van der Waals surface area contributed by atoms with Crippen molar-refractivity contribution < 1.29 is 9.59 Å². The third-order valence-corrected chi connectivity index (χ3v) is 5.47. The zero-order valence-electron chi connectivity index (χ0n) is 17.1. The van der Waals surface area contributed by atoms with Gasteiger partial charge in [-0.05, 0) is 35.1 Å². The second kappa shape index (κ2) is 7.75. The van der Waals surface area contributed by atoms with Gasteiger partial charge in [0.2, 0.25) is 0 Å². The average Bonchev–Trinajstić information content (AvgIpc) is 2.72. The summed E-state index contributed by atoms with van der Waals surface area (Å²) in [5.41, 5.74) is 1.94. The van der Waals surface area contributed by atoms with Crippen molar-refractivity contribution in [1.29, 1.82) is 0 Å². The quantitative estimate of drug-likeness (QED) is 0.722. The molecule has 30 heavy (non-hydrogen) atoms. The van der Waals surface area contributed by atoms with E-state index in [-0.39, 0.29) is 16.8 Å². The molecule has 0 saturated heterocycles. The van der Waals surface area contributed by atoms with Gasteiger partial charge in [0.1, 0.15) is 5.56 Å². The van der Waals surface area contributed by atoms with E-state index in [1.807, 2.05) is 62.4 Å². The lowest BCUT2D eigenvalue weighted by Gasteiger charge is -2.31. The van der Waals surface area contributed by atoms with Gasteiger partial charge in [-0.25, -0.2) is 0 Å². The molecule has 3 aromatic rings. The Bertz CT molecular complexity index is 1160. The monoisotopic (exact) mass is 400 g/mol. The highest BCUT2D eigenvalue weighted by atomic mass is 16.2. The van der Waals surface area contributed by atoms with E-state index in [1.54, 1.807) is 18.3 Å². The van der Waals surface area contributed by atoms with Gasteiger partial charge in [-0.1, -0.05) is 62.4 Å². The number of aromatic nitrogens is 1. The minimum absolute atomic E-state index is 0.0389. The number of hydrogen-bond acceptors (Lipinski definition) is 3. The van der Waals surface area contributed by atoms with Crippen LogP contribution in [0, 0.1) is 5.41 Å². The number of fused-ring (bicyclic) bond motifs is 1. The fourth-order valence-corrected chi connectivity index (χ4v) is 4.03. The van der Waals surface area contributed by atoms with Crippen molar-refractivity contribution in [1.82, 2.24) is 9.88 Å². The van der Waals surface area contributed by atoms with Crippen LogP contribution >= 0.6 is 0 Å². The molecular weight excluding hydrogens is 376 g/mol. The molecule has 5 nitrogen and oxygen atoms in total. The van der Waals surface area contributed by atoms with Gasteiger partial charge in [0.05, 0.1) is 0 Å². The lowest BCUT2D eigenvalue weighted by molar-refractivity contribution is 0.0909. The van der Waals surface area contributed by atoms with Crippen LogP contribution in [0.1, 0.15) is 52.1 Å². The van der Waals surface area contributed by atoms with Gasteiger partial charge in [0, 0.05) is 30.4 Å². The van der Waals surface area contributed by atoms with E-state index in [0.29, 0.717) is 36.2 Å². The number of ketones is 1. The number of nitrogens with zero attached hydrogens (tertiary/aromatic N) is 1. The minimum Gasteiger partial charge on any atom is -0.348 e. The molecule has 0 unspecified atom stereocenters. The van der Waals surface area contributed by atoms with Crippen LogP contribution in [0.4, 0.5) is 0 Å². The van der Waals surface area contributed by atoms with Gasteiger partial charge in [-0.2, -0.15) is 0 Å². The first kappa shape index (κ1) is 19.8. The Hall–Kier alpha value is -3.47. The maximum Gasteiger partial charge on any atom is 0.268 e. The molecule has 1 aliphatic carbocycles. The number of para-hydroxylation sites is 1. The molecule has 4 rings (SSSR count). The number of pyridine rings is 1. The molecule has 0 spiro atoms. The van der Waals surface area contributed by atoms with Crippen LogP contribution in [0.5, 0.6) is 0 Å². The van der Waals surface area contributed by atoms with Crippen molar-refractivity contribution in [3.63, 3.8) is 0 Å². The summed E-state index contributed by atoms with van der Waals surface area (Å²) in [6, 6.07) is 18.6. The van der Waals surface area contributed by atoms with E-state index in [9.17, 15) is 14.4 Å². The van der Waals surface area contributed by atoms with Gasteiger partial charge >= 0.3 is 0 Å². The van der Waals surface area contributed by atoms with Crippen molar-refractivity contribution in [3.05, 3.63) is 99.5 Å².